The van der Waals surface area contributed by atoms with Crippen molar-refractivity contribution >= 4 is 11.8 Å². The van der Waals surface area contributed by atoms with Gasteiger partial charge in [0.25, 0.3) is 0 Å². The van der Waals surface area contributed by atoms with Gasteiger partial charge in [-0.15, -0.1) is 0 Å². The number of rotatable bonds is 5. The Labute approximate surface area is 160 Å². The summed E-state index contributed by atoms with van der Waals surface area (Å²) in [5, 5.41) is 6.22. The van der Waals surface area contributed by atoms with Crippen LogP contribution in [0.2, 0.25) is 0 Å². The summed E-state index contributed by atoms with van der Waals surface area (Å²) in [5.41, 5.74) is 0.997. The number of carbonyl (C=O) groups excluding carboxylic acids is 2. The van der Waals surface area contributed by atoms with E-state index >= 15 is 0 Å². The molecule has 0 bridgehead atoms. The lowest BCUT2D eigenvalue weighted by Crippen LogP contribution is -2.40. The van der Waals surface area contributed by atoms with Crippen LogP contribution < -0.4 is 20.1 Å². The molecule has 2 N–H and O–H groups in total. The zero-order valence-electron chi connectivity index (χ0n) is 15.7. The second-order valence-electron chi connectivity index (χ2n) is 7.94. The molecule has 4 rings (SSSR count). The van der Waals surface area contributed by atoms with Gasteiger partial charge in [0.05, 0.1) is 0 Å². The quantitative estimate of drug-likeness (QED) is 0.833. The zero-order chi connectivity index (χ0) is 18.6. The van der Waals surface area contributed by atoms with Gasteiger partial charge in [0.15, 0.2) is 11.5 Å². The Morgan fingerprint density at radius 2 is 1.56 bits per heavy atom. The maximum Gasteiger partial charge on any atom is 0.231 e. The number of amides is 2. The lowest BCUT2D eigenvalue weighted by Gasteiger charge is -2.28. The van der Waals surface area contributed by atoms with Crippen LogP contribution in [0.15, 0.2) is 18.2 Å². The van der Waals surface area contributed by atoms with Crippen molar-refractivity contribution in [3.63, 3.8) is 0 Å². The van der Waals surface area contributed by atoms with Gasteiger partial charge in [-0.1, -0.05) is 18.9 Å². The zero-order valence-corrected chi connectivity index (χ0v) is 15.7. The summed E-state index contributed by atoms with van der Waals surface area (Å²) in [6.07, 6.45) is 7.86. The van der Waals surface area contributed by atoms with Gasteiger partial charge in [-0.05, 0) is 56.2 Å². The molecule has 3 aliphatic rings. The second-order valence-corrected chi connectivity index (χ2v) is 7.94. The minimum absolute atomic E-state index is 0.00883. The van der Waals surface area contributed by atoms with Gasteiger partial charge in [-0.25, -0.2) is 0 Å². The summed E-state index contributed by atoms with van der Waals surface area (Å²) in [7, 11) is 0. The van der Waals surface area contributed by atoms with Crippen LogP contribution in [-0.2, 0) is 16.1 Å². The smallest absolute Gasteiger partial charge is 0.231 e. The van der Waals surface area contributed by atoms with E-state index < -0.39 is 0 Å². The molecule has 1 heterocycles. The molecule has 1 aromatic rings. The molecule has 0 radical (unpaired) electrons. The molecule has 2 fully saturated rings. The highest BCUT2D eigenvalue weighted by Crippen LogP contribution is 2.33. The number of hydrogen-bond donors (Lipinski definition) is 2. The average molecular weight is 372 g/mol. The molecule has 1 aliphatic heterocycles. The van der Waals surface area contributed by atoms with Crippen molar-refractivity contribution in [2.24, 2.45) is 11.8 Å². The third kappa shape index (κ3) is 4.37. The molecule has 6 heteroatoms. The number of nitrogens with one attached hydrogen (secondary N) is 2. The third-order valence-corrected chi connectivity index (χ3v) is 6.07. The molecule has 146 valence electrons. The normalized spacial score (nSPS) is 24.6. The van der Waals surface area contributed by atoms with Gasteiger partial charge >= 0.3 is 0 Å². The highest BCUT2D eigenvalue weighted by molar-refractivity contribution is 5.81. The molecule has 0 aromatic heterocycles. The predicted octanol–water partition coefficient (Wildman–Crippen LogP) is 2.90. The van der Waals surface area contributed by atoms with E-state index in [0.29, 0.717) is 12.6 Å². The van der Waals surface area contributed by atoms with Gasteiger partial charge in [-0.2, -0.15) is 0 Å². The number of ether oxygens (including phenoxy) is 2. The van der Waals surface area contributed by atoms with Crippen molar-refractivity contribution in [2.75, 3.05) is 6.79 Å². The van der Waals surface area contributed by atoms with Crippen LogP contribution in [0.4, 0.5) is 0 Å². The number of carbonyl (C=O) groups is 2. The van der Waals surface area contributed by atoms with Crippen molar-refractivity contribution in [1.29, 1.82) is 0 Å². The van der Waals surface area contributed by atoms with Gasteiger partial charge in [0.1, 0.15) is 0 Å². The fraction of sp³-hybridized carbons (Fsp3) is 0.619. The summed E-state index contributed by atoms with van der Waals surface area (Å²) in [4.78, 5) is 24.9. The molecule has 1 aromatic carbocycles. The van der Waals surface area contributed by atoms with E-state index in [-0.39, 0.29) is 30.4 Å². The lowest BCUT2D eigenvalue weighted by atomic mass is 9.81. The van der Waals surface area contributed by atoms with Crippen molar-refractivity contribution in [3.8, 4) is 11.5 Å². The van der Waals surface area contributed by atoms with Gasteiger partial charge in [-0.3, -0.25) is 9.59 Å². The average Bonchev–Trinajstić information content (AvgIpc) is 3.37. The molecule has 0 saturated heterocycles. The van der Waals surface area contributed by atoms with E-state index in [0.717, 1.165) is 55.6 Å². The largest absolute Gasteiger partial charge is 0.454 e. The summed E-state index contributed by atoms with van der Waals surface area (Å²) < 4.78 is 10.7. The van der Waals surface area contributed by atoms with Gasteiger partial charge in [0.2, 0.25) is 18.6 Å². The Balaban J connectivity index is 1.21. The first-order chi connectivity index (χ1) is 13.2. The van der Waals surface area contributed by atoms with E-state index in [9.17, 15) is 9.59 Å². The SMILES string of the molecule is O=C(NCc1ccc2c(c1)OCO2)C1CCC(C(=O)NC2CCCC2)CC1. The topological polar surface area (TPSA) is 76.7 Å². The molecule has 2 amide bonds. The highest BCUT2D eigenvalue weighted by atomic mass is 16.7. The van der Waals surface area contributed by atoms with Crippen LogP contribution in [0, 0.1) is 11.8 Å². The summed E-state index contributed by atoms with van der Waals surface area (Å²) in [5.74, 6) is 1.84. The van der Waals surface area contributed by atoms with E-state index in [1.807, 2.05) is 18.2 Å². The number of benzene rings is 1. The van der Waals surface area contributed by atoms with Crippen LogP contribution in [0.1, 0.15) is 56.9 Å². The minimum Gasteiger partial charge on any atom is -0.454 e. The number of fused-ring (bicyclic) bond motifs is 1. The highest BCUT2D eigenvalue weighted by Gasteiger charge is 2.31. The molecular formula is C21H28N2O4. The minimum atomic E-state index is 0.00883. The van der Waals surface area contributed by atoms with Crippen molar-refractivity contribution in [3.05, 3.63) is 23.8 Å². The molecule has 27 heavy (non-hydrogen) atoms. The summed E-state index contributed by atoms with van der Waals surface area (Å²) in [6.45, 7) is 0.736. The molecule has 6 nitrogen and oxygen atoms in total. The molecule has 0 unspecified atom stereocenters. The first-order valence-electron chi connectivity index (χ1n) is 10.2. The van der Waals surface area contributed by atoms with Crippen molar-refractivity contribution in [1.82, 2.24) is 10.6 Å². The Morgan fingerprint density at radius 1 is 0.889 bits per heavy atom. The molecule has 2 aliphatic carbocycles. The number of hydrogen-bond acceptors (Lipinski definition) is 4. The monoisotopic (exact) mass is 372 g/mol. The first-order valence-corrected chi connectivity index (χ1v) is 10.2. The fourth-order valence-electron chi connectivity index (χ4n) is 4.39. The van der Waals surface area contributed by atoms with Crippen LogP contribution in [0.3, 0.4) is 0 Å². The third-order valence-electron chi connectivity index (χ3n) is 6.07. The van der Waals surface area contributed by atoms with E-state index in [1.165, 1.54) is 12.8 Å². The van der Waals surface area contributed by atoms with E-state index in [2.05, 4.69) is 10.6 Å². The standard InChI is InChI=1S/C21H28N2O4/c24-20(22-12-14-5-10-18-19(11-14)27-13-26-18)15-6-8-16(9-7-15)21(25)23-17-3-1-2-4-17/h5,10-11,15-17H,1-4,6-9,12-13H2,(H,22,24)(H,23,25). The van der Waals surface area contributed by atoms with Crippen molar-refractivity contribution in [2.45, 2.75) is 64.0 Å². The molecular weight excluding hydrogens is 344 g/mol. The Bertz CT molecular complexity index is 691. The molecule has 0 spiro atoms. The summed E-state index contributed by atoms with van der Waals surface area (Å²) in [6, 6.07) is 6.10. The summed E-state index contributed by atoms with van der Waals surface area (Å²) >= 11 is 0. The van der Waals surface area contributed by atoms with Crippen LogP contribution >= 0.6 is 0 Å². The van der Waals surface area contributed by atoms with Crippen LogP contribution in [0.25, 0.3) is 0 Å². The Morgan fingerprint density at radius 3 is 2.30 bits per heavy atom. The maximum atomic E-state index is 12.5. The lowest BCUT2D eigenvalue weighted by molar-refractivity contribution is -0.131. The predicted molar refractivity (Wildman–Crippen MR) is 100 cm³/mol. The Kier molecular flexibility index (Phi) is 5.50. The second kappa shape index (κ2) is 8.19. The molecule has 0 atom stereocenters. The first kappa shape index (κ1) is 18.1. The van der Waals surface area contributed by atoms with Gasteiger partial charge < -0.3 is 20.1 Å². The van der Waals surface area contributed by atoms with Crippen molar-refractivity contribution < 1.29 is 19.1 Å². The van der Waals surface area contributed by atoms with Crippen LogP contribution in [-0.4, -0.2) is 24.6 Å². The van der Waals surface area contributed by atoms with Crippen LogP contribution in [0.5, 0.6) is 11.5 Å². The Hall–Kier alpha value is -2.24. The molecule has 2 saturated carbocycles. The van der Waals surface area contributed by atoms with Gasteiger partial charge in [0, 0.05) is 24.4 Å². The van der Waals surface area contributed by atoms with E-state index in [1.54, 1.807) is 0 Å². The van der Waals surface area contributed by atoms with E-state index in [4.69, 9.17) is 9.47 Å². The maximum absolute atomic E-state index is 12.5. The fourth-order valence-corrected chi connectivity index (χ4v) is 4.39.